The second kappa shape index (κ2) is 4.94. The van der Waals surface area contributed by atoms with Gasteiger partial charge in [0.25, 0.3) is 0 Å². The summed E-state index contributed by atoms with van der Waals surface area (Å²) in [5.41, 5.74) is 1.75. The largest absolute Gasteiger partial charge is 0.427 e. The van der Waals surface area contributed by atoms with Crippen molar-refractivity contribution in [1.82, 2.24) is 0 Å². The zero-order valence-corrected chi connectivity index (χ0v) is 11.8. The SMILES string of the molecule is CC(=O)Oc1cc(Cl)c2oc(=O)c3c(c2c1)CCCC3. The molecule has 0 saturated carbocycles. The van der Waals surface area contributed by atoms with Crippen LogP contribution in [0.4, 0.5) is 0 Å². The normalized spacial score (nSPS) is 14.1. The number of hydrogen-bond donors (Lipinski definition) is 0. The molecule has 0 bridgehead atoms. The summed E-state index contributed by atoms with van der Waals surface area (Å²) in [4.78, 5) is 23.0. The summed E-state index contributed by atoms with van der Waals surface area (Å²) in [6.07, 6.45) is 3.56. The van der Waals surface area contributed by atoms with Gasteiger partial charge >= 0.3 is 11.6 Å². The number of carbonyl (C=O) groups is 1. The van der Waals surface area contributed by atoms with Crippen LogP contribution in [0.25, 0.3) is 11.0 Å². The average molecular weight is 293 g/mol. The molecule has 2 aromatic rings. The molecule has 0 aliphatic heterocycles. The van der Waals surface area contributed by atoms with Gasteiger partial charge in [-0.25, -0.2) is 4.79 Å². The minimum Gasteiger partial charge on any atom is -0.427 e. The number of halogens is 1. The Morgan fingerprint density at radius 2 is 1.95 bits per heavy atom. The molecule has 1 aliphatic carbocycles. The van der Waals surface area contributed by atoms with Crippen LogP contribution in [0.2, 0.25) is 5.02 Å². The van der Waals surface area contributed by atoms with Gasteiger partial charge in [0.15, 0.2) is 5.58 Å². The van der Waals surface area contributed by atoms with E-state index < -0.39 is 5.97 Å². The Morgan fingerprint density at radius 1 is 1.25 bits per heavy atom. The van der Waals surface area contributed by atoms with Crippen molar-refractivity contribution >= 4 is 28.5 Å². The number of fused-ring (bicyclic) bond motifs is 3. The third-order valence-corrected chi connectivity index (χ3v) is 3.79. The van der Waals surface area contributed by atoms with Crippen molar-refractivity contribution in [3.63, 3.8) is 0 Å². The maximum absolute atomic E-state index is 12.0. The van der Waals surface area contributed by atoms with Crippen LogP contribution in [0.1, 0.15) is 30.9 Å². The van der Waals surface area contributed by atoms with Gasteiger partial charge < -0.3 is 9.15 Å². The van der Waals surface area contributed by atoms with Crippen LogP contribution < -0.4 is 10.4 Å². The molecule has 0 saturated heterocycles. The van der Waals surface area contributed by atoms with Crippen LogP contribution >= 0.6 is 11.6 Å². The van der Waals surface area contributed by atoms with Crippen LogP contribution in [0.5, 0.6) is 5.75 Å². The molecule has 0 spiro atoms. The number of aryl methyl sites for hydroxylation is 1. The average Bonchev–Trinajstić information content (AvgIpc) is 2.40. The molecule has 0 radical (unpaired) electrons. The molecule has 5 heteroatoms. The van der Waals surface area contributed by atoms with Gasteiger partial charge in [-0.3, -0.25) is 4.79 Å². The highest BCUT2D eigenvalue weighted by molar-refractivity contribution is 6.35. The highest BCUT2D eigenvalue weighted by atomic mass is 35.5. The van der Waals surface area contributed by atoms with Crippen LogP contribution in [0.3, 0.4) is 0 Å². The maximum Gasteiger partial charge on any atom is 0.339 e. The lowest BCUT2D eigenvalue weighted by atomic mass is 9.90. The third kappa shape index (κ3) is 2.20. The summed E-state index contributed by atoms with van der Waals surface area (Å²) in [5.74, 6) is -0.0386. The quantitative estimate of drug-likeness (QED) is 0.460. The smallest absolute Gasteiger partial charge is 0.339 e. The second-order valence-corrected chi connectivity index (χ2v) is 5.34. The third-order valence-electron chi connectivity index (χ3n) is 3.51. The molecule has 3 rings (SSSR count). The Hall–Kier alpha value is -1.81. The highest BCUT2D eigenvalue weighted by Gasteiger charge is 2.20. The van der Waals surface area contributed by atoms with Gasteiger partial charge in [0.05, 0.1) is 5.02 Å². The monoisotopic (exact) mass is 292 g/mol. The molecule has 1 aromatic carbocycles. The molecule has 0 N–H and O–H groups in total. The van der Waals surface area contributed by atoms with Gasteiger partial charge in [-0.05, 0) is 37.3 Å². The van der Waals surface area contributed by atoms with Crippen molar-refractivity contribution < 1.29 is 13.9 Å². The van der Waals surface area contributed by atoms with E-state index in [4.69, 9.17) is 20.8 Å². The first kappa shape index (κ1) is 13.2. The summed E-state index contributed by atoms with van der Waals surface area (Å²) in [6.45, 7) is 1.33. The lowest BCUT2D eigenvalue weighted by molar-refractivity contribution is -0.131. The summed E-state index contributed by atoms with van der Waals surface area (Å²) < 4.78 is 10.4. The van der Waals surface area contributed by atoms with Crippen LogP contribution in [-0.4, -0.2) is 5.97 Å². The first-order chi connectivity index (χ1) is 9.56. The van der Waals surface area contributed by atoms with E-state index in [-0.39, 0.29) is 10.6 Å². The lowest BCUT2D eigenvalue weighted by Crippen LogP contribution is -2.16. The lowest BCUT2D eigenvalue weighted by Gasteiger charge is -2.17. The molecule has 4 nitrogen and oxygen atoms in total. The van der Waals surface area contributed by atoms with Gasteiger partial charge in [0.2, 0.25) is 0 Å². The van der Waals surface area contributed by atoms with Gasteiger partial charge in [-0.15, -0.1) is 0 Å². The molecule has 0 fully saturated rings. The Bertz CT molecular complexity index is 761. The molecule has 0 atom stereocenters. The second-order valence-electron chi connectivity index (χ2n) is 4.93. The van der Waals surface area contributed by atoms with Gasteiger partial charge in [0, 0.05) is 23.9 Å². The topological polar surface area (TPSA) is 56.5 Å². The molecular formula is C15H13ClO4. The van der Waals surface area contributed by atoms with Crippen molar-refractivity contribution in [2.75, 3.05) is 0 Å². The molecule has 1 aliphatic rings. The fraction of sp³-hybridized carbons (Fsp3) is 0.333. The zero-order chi connectivity index (χ0) is 14.3. The molecule has 0 unspecified atom stereocenters. The number of carbonyl (C=O) groups excluding carboxylic acids is 1. The number of benzene rings is 1. The summed E-state index contributed by atoms with van der Waals surface area (Å²) in [6, 6.07) is 3.21. The number of hydrogen-bond acceptors (Lipinski definition) is 4. The van der Waals surface area contributed by atoms with Crippen molar-refractivity contribution in [3.05, 3.63) is 38.7 Å². The van der Waals surface area contributed by atoms with E-state index in [1.165, 1.54) is 13.0 Å². The van der Waals surface area contributed by atoms with E-state index in [0.29, 0.717) is 11.3 Å². The molecule has 1 aromatic heterocycles. The van der Waals surface area contributed by atoms with Gasteiger partial charge in [0.1, 0.15) is 5.75 Å². The van der Waals surface area contributed by atoms with Gasteiger partial charge in [-0.1, -0.05) is 11.6 Å². The highest BCUT2D eigenvalue weighted by Crippen LogP contribution is 2.34. The number of rotatable bonds is 1. The summed E-state index contributed by atoms with van der Waals surface area (Å²) in [5, 5.41) is 1.05. The first-order valence-corrected chi connectivity index (χ1v) is 6.90. The molecule has 104 valence electrons. The molecule has 0 amide bonds. The minimum absolute atomic E-state index is 0.282. The van der Waals surface area contributed by atoms with E-state index >= 15 is 0 Å². The standard InChI is InChI=1S/C15H13ClO4/c1-8(17)19-9-6-12-10-4-2-3-5-11(10)15(18)20-14(12)13(16)7-9/h6-7H,2-5H2,1H3. The van der Waals surface area contributed by atoms with E-state index in [2.05, 4.69) is 0 Å². The fourth-order valence-corrected chi connectivity index (χ4v) is 2.95. The zero-order valence-electron chi connectivity index (χ0n) is 11.0. The molecule has 1 heterocycles. The molecule has 20 heavy (non-hydrogen) atoms. The van der Waals surface area contributed by atoms with Crippen LogP contribution in [0, 0.1) is 0 Å². The predicted octanol–water partition coefficient (Wildman–Crippen LogP) is 3.25. The maximum atomic E-state index is 12.0. The number of ether oxygens (including phenoxy) is 1. The molecular weight excluding hydrogens is 280 g/mol. The van der Waals surface area contributed by atoms with Crippen molar-refractivity contribution in [2.45, 2.75) is 32.6 Å². The summed E-state index contributed by atoms with van der Waals surface area (Å²) in [7, 11) is 0. The van der Waals surface area contributed by atoms with Crippen molar-refractivity contribution in [2.24, 2.45) is 0 Å². The van der Waals surface area contributed by atoms with Crippen LogP contribution in [-0.2, 0) is 17.6 Å². The minimum atomic E-state index is -0.410. The predicted molar refractivity (Wildman–Crippen MR) is 75.4 cm³/mol. The van der Waals surface area contributed by atoms with Gasteiger partial charge in [-0.2, -0.15) is 0 Å². The Morgan fingerprint density at radius 3 is 2.65 bits per heavy atom. The van der Waals surface area contributed by atoms with E-state index in [0.717, 1.165) is 42.2 Å². The number of esters is 1. The van der Waals surface area contributed by atoms with Crippen LogP contribution in [0.15, 0.2) is 21.3 Å². The Kier molecular flexibility index (Phi) is 3.26. The van der Waals surface area contributed by atoms with E-state index in [9.17, 15) is 9.59 Å². The Balaban J connectivity index is 2.30. The summed E-state index contributed by atoms with van der Waals surface area (Å²) >= 11 is 6.14. The van der Waals surface area contributed by atoms with E-state index in [1.807, 2.05) is 0 Å². The van der Waals surface area contributed by atoms with Crippen molar-refractivity contribution in [3.8, 4) is 5.75 Å². The Labute approximate surface area is 120 Å². The van der Waals surface area contributed by atoms with E-state index in [1.54, 1.807) is 6.07 Å². The fourth-order valence-electron chi connectivity index (χ4n) is 2.70. The first-order valence-electron chi connectivity index (χ1n) is 6.53. The van der Waals surface area contributed by atoms with Crippen molar-refractivity contribution in [1.29, 1.82) is 0 Å².